The minimum Gasteiger partial charge on any atom is -0.496 e. The normalized spacial score (nSPS) is 25.3. The van der Waals surface area contributed by atoms with Gasteiger partial charge in [-0.3, -0.25) is 4.79 Å². The molecule has 1 aromatic rings. The van der Waals surface area contributed by atoms with Gasteiger partial charge in [-0.2, -0.15) is 0 Å². The van der Waals surface area contributed by atoms with E-state index in [9.17, 15) is 4.79 Å². The molecule has 23 heavy (non-hydrogen) atoms. The summed E-state index contributed by atoms with van der Waals surface area (Å²) in [5.74, 6) is 2.50. The highest BCUT2D eigenvalue weighted by Crippen LogP contribution is 2.58. The molecule has 0 spiro atoms. The van der Waals surface area contributed by atoms with Crippen molar-refractivity contribution in [2.24, 2.45) is 11.3 Å². The molecule has 126 valence electrons. The van der Waals surface area contributed by atoms with Crippen LogP contribution in [0, 0.1) is 11.3 Å². The van der Waals surface area contributed by atoms with Crippen molar-refractivity contribution in [3.8, 4) is 11.5 Å². The van der Waals surface area contributed by atoms with E-state index in [1.54, 1.807) is 14.2 Å². The molecule has 0 unspecified atom stereocenters. The largest absolute Gasteiger partial charge is 0.496 e. The number of carbonyl (C=O) groups excluding carboxylic acids is 1. The number of fused-ring (bicyclic) bond motifs is 3. The van der Waals surface area contributed by atoms with Crippen molar-refractivity contribution in [2.75, 3.05) is 14.2 Å². The van der Waals surface area contributed by atoms with Crippen molar-refractivity contribution in [1.82, 2.24) is 0 Å². The summed E-state index contributed by atoms with van der Waals surface area (Å²) in [7, 11) is 3.37. The van der Waals surface area contributed by atoms with Crippen molar-refractivity contribution in [3.05, 3.63) is 22.8 Å². The predicted octanol–water partition coefficient (Wildman–Crippen LogP) is 4.93. The smallest absolute Gasteiger partial charge is 0.171 e. The average Bonchev–Trinajstić information content (AvgIpc) is 2.79. The van der Waals surface area contributed by atoms with Gasteiger partial charge in [0.15, 0.2) is 5.78 Å². The van der Waals surface area contributed by atoms with Crippen molar-refractivity contribution in [1.29, 1.82) is 0 Å². The van der Waals surface area contributed by atoms with Crippen molar-refractivity contribution in [2.45, 2.75) is 58.8 Å². The van der Waals surface area contributed by atoms with Crippen LogP contribution in [0.3, 0.4) is 0 Å². The second kappa shape index (κ2) is 5.54. The molecule has 1 saturated carbocycles. The highest BCUT2D eigenvalue weighted by atomic mass is 16.5. The Hall–Kier alpha value is -1.51. The predicted molar refractivity (Wildman–Crippen MR) is 91.8 cm³/mol. The van der Waals surface area contributed by atoms with Gasteiger partial charge >= 0.3 is 0 Å². The van der Waals surface area contributed by atoms with E-state index in [4.69, 9.17) is 9.47 Å². The van der Waals surface area contributed by atoms with E-state index in [1.165, 1.54) is 6.42 Å². The molecule has 3 heteroatoms. The number of benzene rings is 1. The lowest BCUT2D eigenvalue weighted by Crippen LogP contribution is -2.34. The number of Topliss-reactive ketones (excluding diaryl/α,β-unsaturated/α-hetero) is 1. The number of hydrogen-bond donors (Lipinski definition) is 0. The highest BCUT2D eigenvalue weighted by Gasteiger charge is 2.51. The third-order valence-electron chi connectivity index (χ3n) is 5.82. The van der Waals surface area contributed by atoms with E-state index in [-0.39, 0.29) is 23.0 Å². The van der Waals surface area contributed by atoms with Gasteiger partial charge in [0.25, 0.3) is 0 Å². The molecule has 3 nitrogen and oxygen atoms in total. The van der Waals surface area contributed by atoms with Crippen molar-refractivity contribution >= 4 is 5.78 Å². The Morgan fingerprint density at radius 1 is 1.22 bits per heavy atom. The number of hydrogen-bond acceptors (Lipinski definition) is 3. The molecule has 0 bridgehead atoms. The van der Waals surface area contributed by atoms with Gasteiger partial charge in [0, 0.05) is 11.5 Å². The third-order valence-corrected chi connectivity index (χ3v) is 5.82. The third kappa shape index (κ3) is 2.28. The Balaban J connectivity index is 2.26. The van der Waals surface area contributed by atoms with Crippen LogP contribution in [0.15, 0.2) is 6.07 Å². The van der Waals surface area contributed by atoms with E-state index < -0.39 is 0 Å². The summed E-state index contributed by atoms with van der Waals surface area (Å²) in [5, 5.41) is 0. The van der Waals surface area contributed by atoms with E-state index in [0.29, 0.717) is 5.92 Å². The Morgan fingerprint density at radius 3 is 2.48 bits per heavy atom. The number of methoxy groups -OCH3 is 2. The molecule has 3 rings (SSSR count). The molecule has 0 heterocycles. The minimum absolute atomic E-state index is 0.0509. The van der Waals surface area contributed by atoms with E-state index in [1.807, 2.05) is 0 Å². The zero-order valence-electron chi connectivity index (χ0n) is 15.2. The van der Waals surface area contributed by atoms with Crippen LogP contribution < -0.4 is 9.47 Å². The molecular formula is C20H28O3. The summed E-state index contributed by atoms with van der Waals surface area (Å²) in [6.07, 6.45) is 3.38. The van der Waals surface area contributed by atoms with Crippen molar-refractivity contribution < 1.29 is 14.3 Å². The lowest BCUT2D eigenvalue weighted by Gasteiger charge is -2.39. The molecule has 1 aromatic carbocycles. The molecule has 0 saturated heterocycles. The number of rotatable bonds is 3. The maximum Gasteiger partial charge on any atom is 0.171 e. The second-order valence-corrected chi connectivity index (χ2v) is 7.97. The second-order valence-electron chi connectivity index (χ2n) is 7.97. The maximum absolute atomic E-state index is 13.3. The van der Waals surface area contributed by atoms with Gasteiger partial charge in [0.05, 0.1) is 19.8 Å². The summed E-state index contributed by atoms with van der Waals surface area (Å²) < 4.78 is 11.4. The molecule has 2 atom stereocenters. The summed E-state index contributed by atoms with van der Waals surface area (Å²) in [6, 6.07) is 2.11. The van der Waals surface area contributed by atoms with Crippen LogP contribution in [0.4, 0.5) is 0 Å². The zero-order chi connectivity index (χ0) is 16.9. The van der Waals surface area contributed by atoms with Crippen LogP contribution in [0.2, 0.25) is 0 Å². The Morgan fingerprint density at radius 2 is 1.91 bits per heavy atom. The molecule has 0 aliphatic heterocycles. The van der Waals surface area contributed by atoms with Gasteiger partial charge in [0.1, 0.15) is 11.5 Å². The van der Waals surface area contributed by atoms with Gasteiger partial charge in [-0.25, -0.2) is 0 Å². The van der Waals surface area contributed by atoms with Crippen LogP contribution >= 0.6 is 0 Å². The maximum atomic E-state index is 13.3. The molecule has 0 amide bonds. The fourth-order valence-electron chi connectivity index (χ4n) is 4.82. The molecule has 1 fully saturated rings. The Labute approximate surface area is 139 Å². The lowest BCUT2D eigenvalue weighted by atomic mass is 9.64. The molecule has 2 aliphatic rings. The topological polar surface area (TPSA) is 35.5 Å². The standard InChI is InChI=1S/C20H28O3/c1-11(2)15-14(22-5)10-13-12-8-7-9-20(3,4)17(12)18(21)16(13)19(15)23-6/h10-12,17H,7-9H2,1-6H3/t12-,17-/m1/s1. The van der Waals surface area contributed by atoms with E-state index in [0.717, 1.165) is 41.0 Å². The van der Waals surface area contributed by atoms with Gasteiger partial charge in [-0.1, -0.05) is 34.1 Å². The fourth-order valence-corrected chi connectivity index (χ4v) is 4.82. The molecular weight excluding hydrogens is 288 g/mol. The van der Waals surface area contributed by atoms with Gasteiger partial charge in [-0.05, 0) is 41.7 Å². The van der Waals surface area contributed by atoms with Crippen LogP contribution in [0.1, 0.15) is 80.3 Å². The van der Waals surface area contributed by atoms with E-state index >= 15 is 0 Å². The highest BCUT2D eigenvalue weighted by molar-refractivity contribution is 6.06. The Bertz CT molecular complexity index is 643. The minimum atomic E-state index is 0.0509. The first-order chi connectivity index (χ1) is 10.8. The van der Waals surface area contributed by atoms with Crippen LogP contribution in [-0.4, -0.2) is 20.0 Å². The Kier molecular flexibility index (Phi) is 3.94. The summed E-state index contributed by atoms with van der Waals surface area (Å²) in [5.41, 5.74) is 3.03. The summed E-state index contributed by atoms with van der Waals surface area (Å²) in [4.78, 5) is 13.3. The van der Waals surface area contributed by atoms with Gasteiger partial charge < -0.3 is 9.47 Å². The van der Waals surface area contributed by atoms with E-state index in [2.05, 4.69) is 33.8 Å². The summed E-state index contributed by atoms with van der Waals surface area (Å²) in [6.45, 7) is 8.70. The van der Waals surface area contributed by atoms with Crippen LogP contribution in [0.5, 0.6) is 11.5 Å². The zero-order valence-corrected chi connectivity index (χ0v) is 15.2. The quantitative estimate of drug-likeness (QED) is 0.793. The van der Waals surface area contributed by atoms with Gasteiger partial charge in [0.2, 0.25) is 0 Å². The first-order valence-corrected chi connectivity index (χ1v) is 8.66. The van der Waals surface area contributed by atoms with Crippen LogP contribution in [-0.2, 0) is 0 Å². The van der Waals surface area contributed by atoms with Crippen LogP contribution in [0.25, 0.3) is 0 Å². The van der Waals surface area contributed by atoms with Crippen molar-refractivity contribution in [3.63, 3.8) is 0 Å². The first-order valence-electron chi connectivity index (χ1n) is 8.66. The molecule has 0 N–H and O–H groups in total. The molecule has 0 radical (unpaired) electrons. The number of ether oxygens (including phenoxy) is 2. The average molecular weight is 316 g/mol. The number of ketones is 1. The SMILES string of the molecule is COc1cc2c(c(OC)c1C(C)C)C(=O)[C@H]1[C@@H]2CCCC1(C)C. The number of carbonyl (C=O) groups is 1. The summed E-state index contributed by atoms with van der Waals surface area (Å²) >= 11 is 0. The van der Waals surface area contributed by atoms with Gasteiger partial charge in [-0.15, -0.1) is 0 Å². The fraction of sp³-hybridized carbons (Fsp3) is 0.650. The molecule has 2 aliphatic carbocycles. The lowest BCUT2D eigenvalue weighted by molar-refractivity contribution is 0.0685. The monoisotopic (exact) mass is 316 g/mol. The molecule has 0 aromatic heterocycles. The first kappa shape index (κ1) is 16.4.